The first kappa shape index (κ1) is 12.4. The van der Waals surface area contributed by atoms with Gasteiger partial charge in [0.25, 0.3) is 0 Å². The number of aromatic hydroxyl groups is 1. The second-order valence-electron chi connectivity index (χ2n) is 3.05. The molecule has 2 atom stereocenters. The van der Waals surface area contributed by atoms with E-state index in [0.717, 1.165) is 0 Å². The second kappa shape index (κ2) is 5.43. The van der Waals surface area contributed by atoms with Gasteiger partial charge in [0, 0.05) is 6.20 Å². The van der Waals surface area contributed by atoms with E-state index in [4.69, 9.17) is 0 Å². The number of hydrogen-bond acceptors (Lipinski definition) is 6. The Kier molecular flexibility index (Phi) is 4.21. The number of ether oxygens (including phenoxy) is 1. The van der Waals surface area contributed by atoms with Gasteiger partial charge in [-0.2, -0.15) is 0 Å². The Hall–Kier alpha value is -1.66. The van der Waals surface area contributed by atoms with Gasteiger partial charge in [-0.25, -0.2) is 4.79 Å². The van der Waals surface area contributed by atoms with Crippen LogP contribution in [0.5, 0.6) is 5.75 Å². The average Bonchev–Trinajstić information content (AvgIpc) is 2.28. The standard InChI is InChI=1S/C10H13NO5/c1-2-16-10(15)9(14)8(13)7-6(12)4-3-5-11-7/h3-5,8-9,12-14H,2H2,1H3. The highest BCUT2D eigenvalue weighted by atomic mass is 16.5. The van der Waals surface area contributed by atoms with Crippen LogP contribution in [0, 0.1) is 0 Å². The summed E-state index contributed by atoms with van der Waals surface area (Å²) in [5.74, 6) is -1.25. The maximum Gasteiger partial charge on any atom is 0.338 e. The van der Waals surface area contributed by atoms with Crippen molar-refractivity contribution in [3.63, 3.8) is 0 Å². The van der Waals surface area contributed by atoms with Crippen molar-refractivity contribution in [3.05, 3.63) is 24.0 Å². The lowest BCUT2D eigenvalue weighted by atomic mass is 10.1. The third-order valence-electron chi connectivity index (χ3n) is 1.92. The molecule has 1 aromatic heterocycles. The van der Waals surface area contributed by atoms with Gasteiger partial charge in [0.2, 0.25) is 0 Å². The Morgan fingerprint density at radius 3 is 2.81 bits per heavy atom. The highest BCUT2D eigenvalue weighted by Gasteiger charge is 2.29. The van der Waals surface area contributed by atoms with E-state index in [-0.39, 0.29) is 18.1 Å². The molecule has 16 heavy (non-hydrogen) atoms. The summed E-state index contributed by atoms with van der Waals surface area (Å²) in [6, 6.07) is 2.76. The summed E-state index contributed by atoms with van der Waals surface area (Å²) in [4.78, 5) is 14.8. The van der Waals surface area contributed by atoms with Gasteiger partial charge in [0.15, 0.2) is 6.10 Å². The summed E-state index contributed by atoms with van der Waals surface area (Å²) in [5, 5.41) is 28.4. The van der Waals surface area contributed by atoms with Gasteiger partial charge in [0.05, 0.1) is 6.61 Å². The molecule has 0 spiro atoms. The number of esters is 1. The quantitative estimate of drug-likeness (QED) is 0.613. The number of aromatic nitrogens is 1. The van der Waals surface area contributed by atoms with E-state index in [1.54, 1.807) is 6.92 Å². The Labute approximate surface area is 92.1 Å². The highest BCUT2D eigenvalue weighted by molar-refractivity contribution is 5.75. The second-order valence-corrected chi connectivity index (χ2v) is 3.05. The Morgan fingerprint density at radius 1 is 1.56 bits per heavy atom. The van der Waals surface area contributed by atoms with Crippen LogP contribution in [0.2, 0.25) is 0 Å². The zero-order valence-electron chi connectivity index (χ0n) is 8.70. The number of hydrogen-bond donors (Lipinski definition) is 3. The molecule has 0 radical (unpaired) electrons. The smallest absolute Gasteiger partial charge is 0.338 e. The summed E-state index contributed by atoms with van der Waals surface area (Å²) >= 11 is 0. The van der Waals surface area contributed by atoms with Crippen molar-refractivity contribution in [1.29, 1.82) is 0 Å². The van der Waals surface area contributed by atoms with Gasteiger partial charge in [-0.05, 0) is 19.1 Å². The maximum atomic E-state index is 11.1. The van der Waals surface area contributed by atoms with E-state index in [1.165, 1.54) is 18.3 Å². The summed E-state index contributed by atoms with van der Waals surface area (Å²) in [6.45, 7) is 1.67. The molecule has 6 heteroatoms. The molecule has 0 bridgehead atoms. The monoisotopic (exact) mass is 227 g/mol. The fourth-order valence-corrected chi connectivity index (χ4v) is 1.14. The summed E-state index contributed by atoms with van der Waals surface area (Å²) in [5.41, 5.74) is -0.164. The van der Waals surface area contributed by atoms with E-state index in [1.807, 2.05) is 0 Å². The van der Waals surface area contributed by atoms with Gasteiger partial charge in [0.1, 0.15) is 17.5 Å². The molecule has 0 amide bonds. The van der Waals surface area contributed by atoms with Crippen molar-refractivity contribution in [1.82, 2.24) is 4.98 Å². The lowest BCUT2D eigenvalue weighted by molar-refractivity contribution is -0.159. The first-order chi connectivity index (χ1) is 7.57. The molecular weight excluding hydrogens is 214 g/mol. The van der Waals surface area contributed by atoms with Crippen LogP contribution in [0.4, 0.5) is 0 Å². The summed E-state index contributed by atoms with van der Waals surface area (Å²) in [7, 11) is 0. The number of carbonyl (C=O) groups is 1. The van der Waals surface area contributed by atoms with Crippen LogP contribution in [0.1, 0.15) is 18.7 Å². The lowest BCUT2D eigenvalue weighted by Crippen LogP contribution is -2.30. The maximum absolute atomic E-state index is 11.1. The predicted molar refractivity (Wildman–Crippen MR) is 53.5 cm³/mol. The molecule has 0 fully saturated rings. The topological polar surface area (TPSA) is 99.9 Å². The van der Waals surface area contributed by atoms with Crippen LogP contribution in [0.3, 0.4) is 0 Å². The van der Waals surface area contributed by atoms with Crippen LogP contribution >= 0.6 is 0 Å². The lowest BCUT2D eigenvalue weighted by Gasteiger charge is -2.16. The Morgan fingerprint density at radius 2 is 2.25 bits per heavy atom. The summed E-state index contributed by atoms with van der Waals surface area (Å²) < 4.78 is 4.53. The fraction of sp³-hybridized carbons (Fsp3) is 0.400. The van der Waals surface area contributed by atoms with Crippen LogP contribution in [-0.4, -0.2) is 39.0 Å². The molecule has 0 aliphatic carbocycles. The van der Waals surface area contributed by atoms with Gasteiger partial charge in [-0.3, -0.25) is 4.98 Å². The number of aliphatic hydroxyl groups is 2. The van der Waals surface area contributed by atoms with Crippen LogP contribution in [0.15, 0.2) is 18.3 Å². The minimum Gasteiger partial charge on any atom is -0.506 e. The van der Waals surface area contributed by atoms with Crippen LogP contribution in [0.25, 0.3) is 0 Å². The van der Waals surface area contributed by atoms with Crippen molar-refractivity contribution in [2.24, 2.45) is 0 Å². The molecule has 1 rings (SSSR count). The van der Waals surface area contributed by atoms with Gasteiger partial charge in [-0.1, -0.05) is 0 Å². The normalized spacial score (nSPS) is 14.2. The van der Waals surface area contributed by atoms with Crippen molar-refractivity contribution in [3.8, 4) is 5.75 Å². The van der Waals surface area contributed by atoms with Crippen molar-refractivity contribution in [2.75, 3.05) is 6.61 Å². The first-order valence-electron chi connectivity index (χ1n) is 4.74. The molecule has 0 saturated heterocycles. The minimum absolute atomic E-state index is 0.0941. The molecular formula is C10H13NO5. The largest absolute Gasteiger partial charge is 0.506 e. The van der Waals surface area contributed by atoms with E-state index < -0.39 is 18.2 Å². The highest BCUT2D eigenvalue weighted by Crippen LogP contribution is 2.23. The Balaban J connectivity index is 2.82. The SMILES string of the molecule is CCOC(=O)C(O)C(O)c1ncccc1O. The Bertz CT molecular complexity index is 368. The third-order valence-corrected chi connectivity index (χ3v) is 1.92. The third kappa shape index (κ3) is 2.68. The molecule has 6 nitrogen and oxygen atoms in total. The molecule has 0 aromatic carbocycles. The fourth-order valence-electron chi connectivity index (χ4n) is 1.14. The average molecular weight is 227 g/mol. The molecule has 0 aliphatic heterocycles. The van der Waals surface area contributed by atoms with Crippen LogP contribution < -0.4 is 0 Å². The number of rotatable bonds is 4. The van der Waals surface area contributed by atoms with E-state index >= 15 is 0 Å². The molecule has 2 unspecified atom stereocenters. The van der Waals surface area contributed by atoms with Crippen molar-refractivity contribution >= 4 is 5.97 Å². The van der Waals surface area contributed by atoms with Crippen molar-refractivity contribution < 1.29 is 24.9 Å². The molecule has 88 valence electrons. The number of nitrogens with zero attached hydrogens (tertiary/aromatic N) is 1. The molecule has 0 aliphatic rings. The zero-order chi connectivity index (χ0) is 12.1. The number of carbonyl (C=O) groups excluding carboxylic acids is 1. The molecule has 1 heterocycles. The van der Waals surface area contributed by atoms with E-state index in [2.05, 4.69) is 9.72 Å². The predicted octanol–water partition coefficient (Wildman–Crippen LogP) is -0.255. The van der Waals surface area contributed by atoms with Gasteiger partial charge >= 0.3 is 5.97 Å². The van der Waals surface area contributed by atoms with Crippen LogP contribution in [-0.2, 0) is 9.53 Å². The van der Waals surface area contributed by atoms with E-state index in [0.29, 0.717) is 0 Å². The molecule has 1 aromatic rings. The number of pyridine rings is 1. The number of aliphatic hydroxyl groups excluding tert-OH is 2. The zero-order valence-corrected chi connectivity index (χ0v) is 8.70. The first-order valence-corrected chi connectivity index (χ1v) is 4.74. The molecule has 0 saturated carbocycles. The van der Waals surface area contributed by atoms with E-state index in [9.17, 15) is 20.1 Å². The summed E-state index contributed by atoms with van der Waals surface area (Å²) in [6.07, 6.45) is -2.04. The molecule has 3 N–H and O–H groups in total. The van der Waals surface area contributed by atoms with Gasteiger partial charge < -0.3 is 20.1 Å². The van der Waals surface area contributed by atoms with Crippen molar-refractivity contribution in [2.45, 2.75) is 19.1 Å². The van der Waals surface area contributed by atoms with Gasteiger partial charge in [-0.15, -0.1) is 0 Å². The minimum atomic E-state index is -1.76.